The van der Waals surface area contributed by atoms with Crippen molar-refractivity contribution in [1.29, 1.82) is 0 Å². The fourth-order valence-corrected chi connectivity index (χ4v) is 1.70. The standard InChI is InChI=1S/C8H18O2P/c1-3-5-7-10-11(9)8-6-4-2/h3-8H2,1-2H3/q+1. The Balaban J connectivity index is 3.09. The first-order chi connectivity index (χ1) is 5.31. The Bertz CT molecular complexity index is 104. The first-order valence-corrected chi connectivity index (χ1v) is 5.75. The zero-order valence-corrected chi connectivity index (χ0v) is 8.40. The Morgan fingerprint density at radius 1 is 1.18 bits per heavy atom. The lowest BCUT2D eigenvalue weighted by molar-refractivity contribution is 0.320. The van der Waals surface area contributed by atoms with E-state index in [9.17, 15) is 4.57 Å². The highest BCUT2D eigenvalue weighted by atomic mass is 31.1. The fraction of sp³-hybridized carbons (Fsp3) is 1.00. The Kier molecular flexibility index (Phi) is 8.20. The highest BCUT2D eigenvalue weighted by Crippen LogP contribution is 2.23. The molecule has 1 atom stereocenters. The quantitative estimate of drug-likeness (QED) is 0.440. The maximum absolute atomic E-state index is 11.0. The van der Waals surface area contributed by atoms with Gasteiger partial charge in [-0.05, 0) is 17.4 Å². The average molecular weight is 177 g/mol. The lowest BCUT2D eigenvalue weighted by Gasteiger charge is -1.88. The lowest BCUT2D eigenvalue weighted by atomic mass is 10.4. The van der Waals surface area contributed by atoms with Crippen LogP contribution in [0.4, 0.5) is 0 Å². The first kappa shape index (κ1) is 11.1. The minimum absolute atomic E-state index is 0.662. The van der Waals surface area contributed by atoms with Gasteiger partial charge < -0.3 is 0 Å². The SMILES string of the molecule is CCCCO[P+](=O)CCCC. The van der Waals surface area contributed by atoms with Crippen molar-refractivity contribution in [2.45, 2.75) is 39.5 Å². The Labute approximate surface area is 70.2 Å². The molecule has 0 rings (SSSR count). The van der Waals surface area contributed by atoms with Crippen LogP contribution in [-0.4, -0.2) is 12.8 Å². The van der Waals surface area contributed by atoms with E-state index in [4.69, 9.17) is 4.52 Å². The largest absolute Gasteiger partial charge is 0.508 e. The maximum Gasteiger partial charge on any atom is 0.508 e. The van der Waals surface area contributed by atoms with E-state index in [1.165, 1.54) is 0 Å². The molecule has 1 unspecified atom stereocenters. The first-order valence-electron chi connectivity index (χ1n) is 4.38. The minimum Gasteiger partial charge on any atom is -0.146 e. The van der Waals surface area contributed by atoms with Crippen LogP contribution in [0.3, 0.4) is 0 Å². The molecule has 0 amide bonds. The van der Waals surface area contributed by atoms with E-state index in [1.807, 2.05) is 0 Å². The second-order valence-electron chi connectivity index (χ2n) is 2.60. The number of rotatable bonds is 7. The van der Waals surface area contributed by atoms with E-state index in [0.29, 0.717) is 6.61 Å². The van der Waals surface area contributed by atoms with Gasteiger partial charge >= 0.3 is 8.03 Å². The second kappa shape index (κ2) is 8.16. The molecule has 0 saturated carbocycles. The molecule has 0 radical (unpaired) electrons. The van der Waals surface area contributed by atoms with Crippen molar-refractivity contribution in [3.05, 3.63) is 0 Å². The molecule has 2 nitrogen and oxygen atoms in total. The summed E-state index contributed by atoms with van der Waals surface area (Å²) in [6, 6.07) is 0. The summed E-state index contributed by atoms with van der Waals surface area (Å²) in [6.45, 7) is 4.85. The monoisotopic (exact) mass is 177 g/mol. The summed E-state index contributed by atoms with van der Waals surface area (Å²) in [5.74, 6) is 0. The van der Waals surface area contributed by atoms with Crippen LogP contribution in [-0.2, 0) is 9.09 Å². The molecule has 66 valence electrons. The molecule has 0 aliphatic heterocycles. The molecule has 0 aliphatic rings. The van der Waals surface area contributed by atoms with Crippen LogP contribution in [0.5, 0.6) is 0 Å². The highest BCUT2D eigenvalue weighted by Gasteiger charge is 2.14. The molecule has 0 N–H and O–H groups in total. The zero-order valence-electron chi connectivity index (χ0n) is 7.51. The lowest BCUT2D eigenvalue weighted by Crippen LogP contribution is -1.87. The normalized spacial score (nSPS) is 11.6. The van der Waals surface area contributed by atoms with Crippen LogP contribution < -0.4 is 0 Å². The molecule has 0 aromatic rings. The Morgan fingerprint density at radius 2 is 1.82 bits per heavy atom. The van der Waals surface area contributed by atoms with Crippen LogP contribution in [0.2, 0.25) is 0 Å². The molecular weight excluding hydrogens is 159 g/mol. The summed E-state index contributed by atoms with van der Waals surface area (Å²) in [5, 5.41) is 0. The molecule has 0 aliphatic carbocycles. The van der Waals surface area contributed by atoms with Crippen molar-refractivity contribution >= 4 is 8.03 Å². The molecular formula is C8H18O2P+. The van der Waals surface area contributed by atoms with Crippen molar-refractivity contribution in [3.8, 4) is 0 Å². The summed E-state index contributed by atoms with van der Waals surface area (Å²) in [5.41, 5.74) is 0. The molecule has 0 bridgehead atoms. The summed E-state index contributed by atoms with van der Waals surface area (Å²) in [7, 11) is -1.35. The predicted molar refractivity (Wildman–Crippen MR) is 48.2 cm³/mol. The van der Waals surface area contributed by atoms with Gasteiger partial charge in [-0.2, -0.15) is 0 Å². The number of unbranched alkanes of at least 4 members (excludes halogenated alkanes) is 2. The molecule has 0 aromatic carbocycles. The topological polar surface area (TPSA) is 26.3 Å². The van der Waals surface area contributed by atoms with Crippen LogP contribution in [0.15, 0.2) is 0 Å². The van der Waals surface area contributed by atoms with Crippen molar-refractivity contribution in [2.75, 3.05) is 12.8 Å². The second-order valence-corrected chi connectivity index (χ2v) is 3.97. The van der Waals surface area contributed by atoms with Crippen molar-refractivity contribution in [2.24, 2.45) is 0 Å². The van der Waals surface area contributed by atoms with Crippen molar-refractivity contribution < 1.29 is 9.09 Å². The Hall–Kier alpha value is 0.0600. The van der Waals surface area contributed by atoms with E-state index in [-0.39, 0.29) is 0 Å². The molecule has 0 fully saturated rings. The van der Waals surface area contributed by atoms with Crippen molar-refractivity contribution in [3.63, 3.8) is 0 Å². The van der Waals surface area contributed by atoms with Crippen LogP contribution >= 0.6 is 8.03 Å². The number of hydrogen-bond acceptors (Lipinski definition) is 2. The summed E-state index contributed by atoms with van der Waals surface area (Å²) < 4.78 is 16.1. The van der Waals surface area contributed by atoms with Gasteiger partial charge in [-0.15, -0.1) is 4.52 Å². The third-order valence-electron chi connectivity index (χ3n) is 1.43. The summed E-state index contributed by atoms with van der Waals surface area (Å²) >= 11 is 0. The molecule has 0 saturated heterocycles. The molecule has 11 heavy (non-hydrogen) atoms. The van der Waals surface area contributed by atoms with Crippen LogP contribution in [0.25, 0.3) is 0 Å². The van der Waals surface area contributed by atoms with Gasteiger partial charge in [-0.3, -0.25) is 0 Å². The van der Waals surface area contributed by atoms with E-state index in [1.54, 1.807) is 0 Å². The van der Waals surface area contributed by atoms with E-state index < -0.39 is 8.03 Å². The summed E-state index contributed by atoms with van der Waals surface area (Å²) in [6.07, 6.45) is 4.97. The van der Waals surface area contributed by atoms with E-state index >= 15 is 0 Å². The molecule has 0 aromatic heterocycles. The number of hydrogen-bond donors (Lipinski definition) is 0. The van der Waals surface area contributed by atoms with Crippen LogP contribution in [0, 0.1) is 0 Å². The molecule has 0 spiro atoms. The van der Waals surface area contributed by atoms with Gasteiger partial charge in [-0.1, -0.05) is 26.7 Å². The molecule has 0 heterocycles. The third kappa shape index (κ3) is 7.96. The highest BCUT2D eigenvalue weighted by molar-refractivity contribution is 7.39. The van der Waals surface area contributed by atoms with Crippen LogP contribution in [0.1, 0.15) is 39.5 Å². The van der Waals surface area contributed by atoms with Gasteiger partial charge in [0.05, 0.1) is 0 Å². The molecule has 3 heteroatoms. The fourth-order valence-electron chi connectivity index (χ4n) is 0.662. The van der Waals surface area contributed by atoms with E-state index in [2.05, 4.69) is 13.8 Å². The maximum atomic E-state index is 11.0. The smallest absolute Gasteiger partial charge is 0.146 e. The summed E-state index contributed by atoms with van der Waals surface area (Å²) in [4.78, 5) is 0. The van der Waals surface area contributed by atoms with Gasteiger partial charge in [0.15, 0.2) is 6.16 Å². The minimum atomic E-state index is -1.35. The Morgan fingerprint density at radius 3 is 2.36 bits per heavy atom. The average Bonchev–Trinajstić information content (AvgIpc) is 2.01. The third-order valence-corrected chi connectivity index (χ3v) is 2.58. The van der Waals surface area contributed by atoms with Gasteiger partial charge in [0.25, 0.3) is 0 Å². The zero-order chi connectivity index (χ0) is 8.53. The van der Waals surface area contributed by atoms with Gasteiger partial charge in [0.2, 0.25) is 0 Å². The van der Waals surface area contributed by atoms with Crippen molar-refractivity contribution in [1.82, 2.24) is 0 Å². The van der Waals surface area contributed by atoms with E-state index in [0.717, 1.165) is 31.8 Å². The van der Waals surface area contributed by atoms with Gasteiger partial charge in [-0.25, -0.2) is 0 Å². The predicted octanol–water partition coefficient (Wildman–Crippen LogP) is 3.35. The van der Waals surface area contributed by atoms with Gasteiger partial charge in [0, 0.05) is 0 Å². The van der Waals surface area contributed by atoms with Gasteiger partial charge in [0.1, 0.15) is 6.61 Å².